The molecule has 0 N–H and O–H groups in total. The fourth-order valence-electron chi connectivity index (χ4n) is 1.45. The number of aromatic nitrogens is 2. The predicted octanol–water partition coefficient (Wildman–Crippen LogP) is 2.84. The Bertz CT molecular complexity index is 498. The normalized spacial score (nSPS) is 10.4. The number of hydrogen-bond donors (Lipinski definition) is 0. The third-order valence-electron chi connectivity index (χ3n) is 2.18. The van der Waals surface area contributed by atoms with Crippen LogP contribution in [0.25, 0.3) is 0 Å². The van der Waals surface area contributed by atoms with Crippen molar-refractivity contribution in [1.82, 2.24) is 9.78 Å². The molecule has 1 heterocycles. The smallest absolute Gasteiger partial charge is 0.126 e. The molecule has 0 aliphatic rings. The zero-order valence-corrected chi connectivity index (χ0v) is 10.2. The Morgan fingerprint density at radius 2 is 2.31 bits per heavy atom. The van der Waals surface area contributed by atoms with Crippen molar-refractivity contribution in [2.45, 2.75) is 6.54 Å². The lowest BCUT2D eigenvalue weighted by molar-refractivity contribution is 0.404. The fourth-order valence-corrected chi connectivity index (χ4v) is 1.78. The number of nitrogens with zero attached hydrogens (tertiary/aromatic N) is 2. The predicted molar refractivity (Wildman–Crippen MR) is 62.0 cm³/mol. The summed E-state index contributed by atoms with van der Waals surface area (Å²) in [6.07, 6.45) is 3.55. The van der Waals surface area contributed by atoms with Crippen LogP contribution in [0.3, 0.4) is 0 Å². The lowest BCUT2D eigenvalue weighted by Gasteiger charge is -2.08. The van der Waals surface area contributed by atoms with E-state index in [1.54, 1.807) is 16.9 Å². The van der Waals surface area contributed by atoms with E-state index in [9.17, 15) is 4.39 Å². The van der Waals surface area contributed by atoms with Gasteiger partial charge in [0.15, 0.2) is 0 Å². The minimum Gasteiger partial charge on any atom is -0.496 e. The lowest BCUT2D eigenvalue weighted by atomic mass is 10.2. The van der Waals surface area contributed by atoms with Crippen molar-refractivity contribution < 1.29 is 9.13 Å². The van der Waals surface area contributed by atoms with Crippen LogP contribution in [0.2, 0.25) is 0 Å². The summed E-state index contributed by atoms with van der Waals surface area (Å²) in [5, 5.41) is 4.13. The van der Waals surface area contributed by atoms with E-state index < -0.39 is 0 Å². The van der Waals surface area contributed by atoms with Crippen LogP contribution in [0.4, 0.5) is 4.39 Å². The molecule has 0 aliphatic carbocycles. The van der Waals surface area contributed by atoms with Gasteiger partial charge in [-0.2, -0.15) is 5.10 Å². The van der Waals surface area contributed by atoms with Gasteiger partial charge in [0.25, 0.3) is 0 Å². The molecule has 2 rings (SSSR count). The molecule has 1 aromatic heterocycles. The van der Waals surface area contributed by atoms with Gasteiger partial charge in [-0.15, -0.1) is 0 Å². The number of rotatable bonds is 3. The number of hydrogen-bond acceptors (Lipinski definition) is 2. The van der Waals surface area contributed by atoms with E-state index in [0.717, 1.165) is 10.0 Å². The molecule has 16 heavy (non-hydrogen) atoms. The molecule has 0 spiro atoms. The molecule has 5 heteroatoms. The molecule has 0 atom stereocenters. The second-order valence-corrected chi connectivity index (χ2v) is 4.23. The highest BCUT2D eigenvalue weighted by atomic mass is 79.9. The number of ether oxygens (including phenoxy) is 1. The van der Waals surface area contributed by atoms with Gasteiger partial charge >= 0.3 is 0 Å². The van der Waals surface area contributed by atoms with Gasteiger partial charge in [-0.3, -0.25) is 4.68 Å². The van der Waals surface area contributed by atoms with E-state index >= 15 is 0 Å². The quantitative estimate of drug-likeness (QED) is 0.867. The van der Waals surface area contributed by atoms with E-state index in [-0.39, 0.29) is 5.82 Å². The van der Waals surface area contributed by atoms with Crippen LogP contribution in [0.15, 0.2) is 35.1 Å². The minimum atomic E-state index is -0.303. The number of benzene rings is 1. The molecular formula is C11H10BrFN2O. The first-order valence-corrected chi connectivity index (χ1v) is 5.48. The van der Waals surface area contributed by atoms with Gasteiger partial charge in [-0.1, -0.05) is 6.07 Å². The molecule has 2 aromatic rings. The third-order valence-corrected chi connectivity index (χ3v) is 2.59. The van der Waals surface area contributed by atoms with Crippen LogP contribution in [-0.2, 0) is 6.54 Å². The SMILES string of the molecule is COc1cc(F)ccc1Cn1cc(Br)cn1. The van der Waals surface area contributed by atoms with Crippen LogP contribution in [-0.4, -0.2) is 16.9 Å². The Labute approximate surface area is 101 Å². The molecule has 0 bridgehead atoms. The highest BCUT2D eigenvalue weighted by molar-refractivity contribution is 9.10. The van der Waals surface area contributed by atoms with Crippen molar-refractivity contribution in [3.8, 4) is 5.75 Å². The van der Waals surface area contributed by atoms with Gasteiger partial charge in [0.05, 0.1) is 24.3 Å². The minimum absolute atomic E-state index is 0.303. The maximum absolute atomic E-state index is 13.0. The average molecular weight is 285 g/mol. The molecule has 0 aliphatic heterocycles. The molecule has 84 valence electrons. The maximum atomic E-state index is 13.0. The van der Waals surface area contributed by atoms with Crippen LogP contribution in [0, 0.1) is 5.82 Å². The zero-order chi connectivity index (χ0) is 11.5. The van der Waals surface area contributed by atoms with Crippen LogP contribution in [0.1, 0.15) is 5.56 Å². The summed E-state index contributed by atoms with van der Waals surface area (Å²) in [4.78, 5) is 0. The summed E-state index contributed by atoms with van der Waals surface area (Å²) in [7, 11) is 1.53. The highest BCUT2D eigenvalue weighted by Gasteiger charge is 2.05. The first-order chi connectivity index (χ1) is 7.69. The largest absolute Gasteiger partial charge is 0.496 e. The molecular weight excluding hydrogens is 275 g/mol. The lowest BCUT2D eigenvalue weighted by Crippen LogP contribution is -2.02. The monoisotopic (exact) mass is 284 g/mol. The molecule has 0 amide bonds. The Balaban J connectivity index is 2.27. The second kappa shape index (κ2) is 4.65. The first-order valence-electron chi connectivity index (χ1n) is 4.69. The zero-order valence-electron chi connectivity index (χ0n) is 8.65. The van der Waals surface area contributed by atoms with E-state index in [1.165, 1.54) is 19.2 Å². The fraction of sp³-hybridized carbons (Fsp3) is 0.182. The van der Waals surface area contributed by atoms with Crippen molar-refractivity contribution in [3.63, 3.8) is 0 Å². The molecule has 1 aromatic carbocycles. The first kappa shape index (κ1) is 11.1. The van der Waals surface area contributed by atoms with Crippen LogP contribution in [0.5, 0.6) is 5.75 Å². The van der Waals surface area contributed by atoms with E-state index in [0.29, 0.717) is 12.3 Å². The Morgan fingerprint density at radius 1 is 1.50 bits per heavy atom. The standard InChI is InChI=1S/C11H10BrFN2O/c1-16-11-4-10(13)3-2-8(11)6-15-7-9(12)5-14-15/h2-5,7H,6H2,1H3. The van der Waals surface area contributed by atoms with Crippen LogP contribution >= 0.6 is 15.9 Å². The molecule has 0 fully saturated rings. The van der Waals surface area contributed by atoms with E-state index in [1.807, 2.05) is 6.20 Å². The Kier molecular flexibility index (Phi) is 3.24. The summed E-state index contributed by atoms with van der Waals surface area (Å²) in [5.41, 5.74) is 0.888. The van der Waals surface area contributed by atoms with Gasteiger partial charge in [-0.05, 0) is 22.0 Å². The van der Waals surface area contributed by atoms with E-state index in [4.69, 9.17) is 4.74 Å². The topological polar surface area (TPSA) is 27.1 Å². The highest BCUT2D eigenvalue weighted by Crippen LogP contribution is 2.20. The molecule has 3 nitrogen and oxygen atoms in total. The third kappa shape index (κ3) is 2.41. The molecule has 0 radical (unpaired) electrons. The van der Waals surface area contributed by atoms with Crippen LogP contribution < -0.4 is 4.74 Å². The molecule has 0 unspecified atom stereocenters. The number of methoxy groups -OCH3 is 1. The van der Waals surface area contributed by atoms with Gasteiger partial charge < -0.3 is 4.74 Å². The summed E-state index contributed by atoms with van der Waals surface area (Å²) in [6.45, 7) is 0.551. The summed E-state index contributed by atoms with van der Waals surface area (Å²) >= 11 is 3.32. The van der Waals surface area contributed by atoms with Crippen molar-refractivity contribution in [2.75, 3.05) is 7.11 Å². The average Bonchev–Trinajstić information content (AvgIpc) is 2.67. The summed E-state index contributed by atoms with van der Waals surface area (Å²) < 4.78 is 20.7. The maximum Gasteiger partial charge on any atom is 0.126 e. The van der Waals surface area contributed by atoms with Gasteiger partial charge in [-0.25, -0.2) is 4.39 Å². The Morgan fingerprint density at radius 3 is 2.94 bits per heavy atom. The molecule has 0 saturated carbocycles. The van der Waals surface area contributed by atoms with Gasteiger partial charge in [0.2, 0.25) is 0 Å². The molecule has 0 saturated heterocycles. The summed E-state index contributed by atoms with van der Waals surface area (Å²) in [5.74, 6) is 0.230. The Hall–Kier alpha value is -1.36. The van der Waals surface area contributed by atoms with Gasteiger partial charge in [0, 0.05) is 17.8 Å². The van der Waals surface area contributed by atoms with Crippen molar-refractivity contribution >= 4 is 15.9 Å². The summed E-state index contributed by atoms with van der Waals surface area (Å²) in [6, 6.07) is 4.48. The van der Waals surface area contributed by atoms with Crippen molar-refractivity contribution in [1.29, 1.82) is 0 Å². The van der Waals surface area contributed by atoms with E-state index in [2.05, 4.69) is 21.0 Å². The second-order valence-electron chi connectivity index (χ2n) is 3.31. The van der Waals surface area contributed by atoms with Gasteiger partial charge in [0.1, 0.15) is 11.6 Å². The van der Waals surface area contributed by atoms with Crippen molar-refractivity contribution in [3.05, 3.63) is 46.4 Å². The number of halogens is 2. The van der Waals surface area contributed by atoms with Crippen molar-refractivity contribution in [2.24, 2.45) is 0 Å².